The summed E-state index contributed by atoms with van der Waals surface area (Å²) in [6, 6.07) is 7.23. The van der Waals surface area contributed by atoms with E-state index < -0.39 is 6.10 Å². The van der Waals surface area contributed by atoms with Crippen LogP contribution < -0.4 is 0 Å². The molecule has 1 aliphatic carbocycles. The second-order valence-corrected chi connectivity index (χ2v) is 5.55. The molecule has 98 valence electrons. The Morgan fingerprint density at radius 3 is 2.44 bits per heavy atom. The molecule has 0 radical (unpaired) electrons. The largest absolute Gasteiger partial charge is 0.385 e. The molecule has 1 aromatic rings. The molecule has 0 aliphatic heterocycles. The number of ketones is 1. The molecule has 3 heteroatoms. The van der Waals surface area contributed by atoms with E-state index in [0.29, 0.717) is 11.4 Å². The SMILES string of the molecule is O=C(Cc1ccc(Cl)cc1)C(O)C1CCCCC1. The van der Waals surface area contributed by atoms with Gasteiger partial charge in [-0.05, 0) is 36.5 Å². The van der Waals surface area contributed by atoms with Crippen molar-refractivity contribution in [1.82, 2.24) is 0 Å². The summed E-state index contributed by atoms with van der Waals surface area (Å²) in [7, 11) is 0. The molecular weight excluding hydrogens is 248 g/mol. The van der Waals surface area contributed by atoms with E-state index in [0.717, 1.165) is 31.2 Å². The third-order valence-corrected chi connectivity index (χ3v) is 3.97. The summed E-state index contributed by atoms with van der Waals surface area (Å²) < 4.78 is 0. The number of carbonyl (C=O) groups excluding carboxylic acids is 1. The Kier molecular flexibility index (Phi) is 4.79. The number of carbonyl (C=O) groups is 1. The van der Waals surface area contributed by atoms with Gasteiger partial charge in [-0.25, -0.2) is 0 Å². The molecule has 1 fully saturated rings. The van der Waals surface area contributed by atoms with Gasteiger partial charge in [0.05, 0.1) is 0 Å². The van der Waals surface area contributed by atoms with Gasteiger partial charge in [-0.2, -0.15) is 0 Å². The molecule has 18 heavy (non-hydrogen) atoms. The van der Waals surface area contributed by atoms with Gasteiger partial charge in [-0.15, -0.1) is 0 Å². The Morgan fingerprint density at radius 2 is 1.83 bits per heavy atom. The molecule has 2 nitrogen and oxygen atoms in total. The van der Waals surface area contributed by atoms with E-state index in [9.17, 15) is 9.90 Å². The minimum atomic E-state index is -0.791. The average molecular weight is 267 g/mol. The number of rotatable bonds is 4. The van der Waals surface area contributed by atoms with Crippen molar-refractivity contribution in [3.05, 3.63) is 34.9 Å². The summed E-state index contributed by atoms with van der Waals surface area (Å²) in [5.74, 6) is 0.0998. The highest BCUT2D eigenvalue weighted by Crippen LogP contribution is 2.27. The molecular formula is C15H19ClO2. The van der Waals surface area contributed by atoms with Crippen LogP contribution >= 0.6 is 11.6 Å². The van der Waals surface area contributed by atoms with Gasteiger partial charge in [0, 0.05) is 11.4 Å². The summed E-state index contributed by atoms with van der Waals surface area (Å²) >= 11 is 5.80. The lowest BCUT2D eigenvalue weighted by Crippen LogP contribution is -2.32. The molecule has 0 spiro atoms. The minimum Gasteiger partial charge on any atom is -0.385 e. The highest BCUT2D eigenvalue weighted by Gasteiger charge is 2.27. The fourth-order valence-electron chi connectivity index (χ4n) is 2.62. The first kappa shape index (κ1) is 13.6. The quantitative estimate of drug-likeness (QED) is 0.907. The lowest BCUT2D eigenvalue weighted by molar-refractivity contribution is -0.129. The molecule has 0 amide bonds. The van der Waals surface area contributed by atoms with Crippen molar-refractivity contribution in [3.8, 4) is 0 Å². The highest BCUT2D eigenvalue weighted by atomic mass is 35.5. The zero-order chi connectivity index (χ0) is 13.0. The first-order chi connectivity index (χ1) is 8.66. The summed E-state index contributed by atoms with van der Waals surface area (Å²) in [5, 5.41) is 10.7. The molecule has 1 saturated carbocycles. The summed E-state index contributed by atoms with van der Waals surface area (Å²) in [5.41, 5.74) is 0.916. The zero-order valence-electron chi connectivity index (χ0n) is 10.4. The second kappa shape index (κ2) is 6.35. The van der Waals surface area contributed by atoms with E-state index in [1.54, 1.807) is 12.1 Å². The normalized spacial score (nSPS) is 18.6. The number of aliphatic hydroxyl groups excluding tert-OH is 1. The highest BCUT2D eigenvalue weighted by molar-refractivity contribution is 6.30. The zero-order valence-corrected chi connectivity index (χ0v) is 11.2. The lowest BCUT2D eigenvalue weighted by Gasteiger charge is -2.25. The van der Waals surface area contributed by atoms with E-state index in [-0.39, 0.29) is 11.7 Å². The van der Waals surface area contributed by atoms with Crippen LogP contribution in [0.4, 0.5) is 0 Å². The molecule has 0 aromatic heterocycles. The van der Waals surface area contributed by atoms with Gasteiger partial charge in [-0.3, -0.25) is 4.79 Å². The fraction of sp³-hybridized carbons (Fsp3) is 0.533. The van der Waals surface area contributed by atoms with E-state index >= 15 is 0 Å². The third-order valence-electron chi connectivity index (χ3n) is 3.72. The molecule has 1 N–H and O–H groups in total. The Balaban J connectivity index is 1.92. The van der Waals surface area contributed by atoms with Gasteiger partial charge in [0.25, 0.3) is 0 Å². The van der Waals surface area contributed by atoms with Crippen molar-refractivity contribution in [1.29, 1.82) is 0 Å². The lowest BCUT2D eigenvalue weighted by atomic mass is 9.83. The monoisotopic (exact) mass is 266 g/mol. The number of hydrogen-bond acceptors (Lipinski definition) is 2. The van der Waals surface area contributed by atoms with Crippen LogP contribution in [-0.4, -0.2) is 17.0 Å². The van der Waals surface area contributed by atoms with Crippen LogP contribution in [0.5, 0.6) is 0 Å². The van der Waals surface area contributed by atoms with E-state index in [2.05, 4.69) is 0 Å². The second-order valence-electron chi connectivity index (χ2n) is 5.11. The molecule has 1 aromatic carbocycles. The number of halogens is 1. The Hall–Kier alpha value is -0.860. The molecule has 1 aliphatic rings. The number of Topliss-reactive ketones (excluding diaryl/α,β-unsaturated/α-hetero) is 1. The maximum atomic E-state index is 12.0. The number of aliphatic hydroxyl groups is 1. The van der Waals surface area contributed by atoms with Crippen LogP contribution in [0.15, 0.2) is 24.3 Å². The predicted octanol–water partition coefficient (Wildman–Crippen LogP) is 3.39. The van der Waals surface area contributed by atoms with Crippen molar-refractivity contribution in [3.63, 3.8) is 0 Å². The summed E-state index contributed by atoms with van der Waals surface area (Å²) in [6.45, 7) is 0. The van der Waals surface area contributed by atoms with Crippen LogP contribution in [0.1, 0.15) is 37.7 Å². The average Bonchev–Trinajstić information content (AvgIpc) is 2.41. The predicted molar refractivity (Wildman–Crippen MR) is 72.7 cm³/mol. The standard InChI is InChI=1S/C15H19ClO2/c16-13-8-6-11(7-9-13)10-14(17)15(18)12-4-2-1-3-5-12/h6-9,12,15,18H,1-5,10H2. The van der Waals surface area contributed by atoms with Crippen LogP contribution in [0.2, 0.25) is 5.02 Å². The Bertz CT molecular complexity index is 393. The van der Waals surface area contributed by atoms with Gasteiger partial charge in [0.2, 0.25) is 0 Å². The van der Waals surface area contributed by atoms with E-state index in [4.69, 9.17) is 11.6 Å². The number of hydrogen-bond donors (Lipinski definition) is 1. The summed E-state index contributed by atoms with van der Waals surface area (Å²) in [4.78, 5) is 12.0. The van der Waals surface area contributed by atoms with Gasteiger partial charge in [0.15, 0.2) is 5.78 Å². The van der Waals surface area contributed by atoms with E-state index in [1.165, 1.54) is 6.42 Å². The van der Waals surface area contributed by atoms with Crippen LogP contribution in [0.3, 0.4) is 0 Å². The van der Waals surface area contributed by atoms with Crippen molar-refractivity contribution in [2.75, 3.05) is 0 Å². The fourth-order valence-corrected chi connectivity index (χ4v) is 2.75. The summed E-state index contributed by atoms with van der Waals surface area (Å²) in [6.07, 6.45) is 4.97. The van der Waals surface area contributed by atoms with Crippen LogP contribution in [0.25, 0.3) is 0 Å². The maximum Gasteiger partial charge on any atom is 0.165 e. The number of benzene rings is 1. The van der Waals surface area contributed by atoms with Crippen LogP contribution in [-0.2, 0) is 11.2 Å². The Labute approximate surface area is 113 Å². The van der Waals surface area contributed by atoms with Gasteiger partial charge >= 0.3 is 0 Å². The first-order valence-electron chi connectivity index (χ1n) is 6.62. The maximum absolute atomic E-state index is 12.0. The van der Waals surface area contributed by atoms with Gasteiger partial charge in [-0.1, -0.05) is 43.0 Å². The molecule has 0 saturated heterocycles. The molecule has 2 rings (SSSR count). The van der Waals surface area contributed by atoms with Crippen molar-refractivity contribution in [2.24, 2.45) is 5.92 Å². The van der Waals surface area contributed by atoms with Crippen molar-refractivity contribution >= 4 is 17.4 Å². The smallest absolute Gasteiger partial charge is 0.165 e. The van der Waals surface area contributed by atoms with Gasteiger partial charge < -0.3 is 5.11 Å². The Morgan fingerprint density at radius 1 is 1.22 bits per heavy atom. The molecule has 0 heterocycles. The van der Waals surface area contributed by atoms with Gasteiger partial charge in [0.1, 0.15) is 6.10 Å². The van der Waals surface area contributed by atoms with Crippen molar-refractivity contribution in [2.45, 2.75) is 44.6 Å². The topological polar surface area (TPSA) is 37.3 Å². The first-order valence-corrected chi connectivity index (χ1v) is 7.00. The molecule has 1 unspecified atom stereocenters. The third kappa shape index (κ3) is 3.56. The van der Waals surface area contributed by atoms with E-state index in [1.807, 2.05) is 12.1 Å². The molecule has 1 atom stereocenters. The van der Waals surface area contributed by atoms with Crippen molar-refractivity contribution < 1.29 is 9.90 Å². The minimum absolute atomic E-state index is 0.0655. The molecule has 0 bridgehead atoms. The van der Waals surface area contributed by atoms with Crippen LogP contribution in [0, 0.1) is 5.92 Å².